The number of ether oxygens (including phenoxy) is 1. The number of aromatic carboxylic acids is 1. The van der Waals surface area contributed by atoms with Crippen molar-refractivity contribution in [3.05, 3.63) is 35.5 Å². The highest BCUT2D eigenvalue weighted by Gasteiger charge is 2.19. The first-order valence-corrected chi connectivity index (χ1v) is 5.45. The second-order valence-electron chi connectivity index (χ2n) is 4.04. The van der Waals surface area contributed by atoms with Gasteiger partial charge in [0.25, 0.3) is 0 Å². The highest BCUT2D eigenvalue weighted by molar-refractivity contribution is 5.95. The molecule has 0 aliphatic carbocycles. The number of aryl methyl sites for hydroxylation is 2. The number of hydrogen-bond donors (Lipinski definition) is 1. The van der Waals surface area contributed by atoms with Crippen molar-refractivity contribution < 1.29 is 14.6 Å². The molecule has 1 N–H and O–H groups in total. The Bertz CT molecular complexity index is 602. The molecule has 0 fully saturated rings. The normalized spacial score (nSPS) is 10.4. The van der Waals surface area contributed by atoms with Crippen LogP contribution in [0.25, 0.3) is 11.3 Å². The summed E-state index contributed by atoms with van der Waals surface area (Å²) in [6.07, 6.45) is 1.35. The molecule has 18 heavy (non-hydrogen) atoms. The second kappa shape index (κ2) is 4.52. The molecule has 0 unspecified atom stereocenters. The number of rotatable bonds is 3. The fourth-order valence-electron chi connectivity index (χ4n) is 1.92. The van der Waals surface area contributed by atoms with Crippen LogP contribution in [0.1, 0.15) is 15.9 Å². The average molecular weight is 246 g/mol. The summed E-state index contributed by atoms with van der Waals surface area (Å²) < 4.78 is 6.82. The molecule has 0 aliphatic rings. The first-order chi connectivity index (χ1) is 8.54. The minimum atomic E-state index is -0.998. The summed E-state index contributed by atoms with van der Waals surface area (Å²) in [5, 5.41) is 13.2. The van der Waals surface area contributed by atoms with E-state index in [2.05, 4.69) is 5.10 Å². The van der Waals surface area contributed by atoms with Crippen LogP contribution in [0.3, 0.4) is 0 Å². The summed E-state index contributed by atoms with van der Waals surface area (Å²) >= 11 is 0. The molecule has 5 heteroatoms. The highest BCUT2D eigenvalue weighted by Crippen LogP contribution is 2.32. The van der Waals surface area contributed by atoms with Crippen LogP contribution in [-0.2, 0) is 7.05 Å². The van der Waals surface area contributed by atoms with E-state index in [1.807, 2.05) is 25.1 Å². The maximum absolute atomic E-state index is 11.2. The van der Waals surface area contributed by atoms with E-state index in [4.69, 9.17) is 4.74 Å². The van der Waals surface area contributed by atoms with Crippen molar-refractivity contribution in [2.75, 3.05) is 7.11 Å². The number of methoxy groups -OCH3 is 1. The molecule has 5 nitrogen and oxygen atoms in total. The molecule has 94 valence electrons. The van der Waals surface area contributed by atoms with Crippen LogP contribution in [0.15, 0.2) is 24.4 Å². The van der Waals surface area contributed by atoms with Gasteiger partial charge in [-0.05, 0) is 19.1 Å². The Morgan fingerprint density at radius 2 is 2.17 bits per heavy atom. The zero-order valence-corrected chi connectivity index (χ0v) is 10.5. The average Bonchev–Trinajstić information content (AvgIpc) is 2.71. The molecule has 0 saturated heterocycles. The third kappa shape index (κ3) is 1.95. The van der Waals surface area contributed by atoms with Gasteiger partial charge in [0.1, 0.15) is 11.3 Å². The van der Waals surface area contributed by atoms with Crippen LogP contribution < -0.4 is 4.74 Å². The second-order valence-corrected chi connectivity index (χ2v) is 4.04. The van der Waals surface area contributed by atoms with Gasteiger partial charge >= 0.3 is 5.97 Å². The molecule has 0 spiro atoms. The molecule has 0 radical (unpaired) electrons. The van der Waals surface area contributed by atoms with E-state index in [9.17, 15) is 9.90 Å². The Morgan fingerprint density at radius 1 is 1.44 bits per heavy atom. The van der Waals surface area contributed by atoms with Crippen LogP contribution in [0.2, 0.25) is 0 Å². The van der Waals surface area contributed by atoms with E-state index >= 15 is 0 Å². The summed E-state index contributed by atoms with van der Waals surface area (Å²) in [6, 6.07) is 5.63. The fourth-order valence-corrected chi connectivity index (χ4v) is 1.92. The molecule has 1 aromatic carbocycles. The monoisotopic (exact) mass is 246 g/mol. The molecule has 2 aromatic rings. The minimum Gasteiger partial charge on any atom is -0.496 e. The van der Waals surface area contributed by atoms with E-state index < -0.39 is 5.97 Å². The molecule has 0 atom stereocenters. The Balaban J connectivity index is 2.71. The van der Waals surface area contributed by atoms with Gasteiger partial charge in [-0.2, -0.15) is 5.10 Å². The van der Waals surface area contributed by atoms with Crippen molar-refractivity contribution in [1.82, 2.24) is 9.78 Å². The van der Waals surface area contributed by atoms with Crippen LogP contribution >= 0.6 is 0 Å². The molecule has 1 aromatic heterocycles. The van der Waals surface area contributed by atoms with Gasteiger partial charge in [0, 0.05) is 12.6 Å². The molecule has 0 saturated carbocycles. The first-order valence-electron chi connectivity index (χ1n) is 5.45. The van der Waals surface area contributed by atoms with E-state index in [-0.39, 0.29) is 5.56 Å². The summed E-state index contributed by atoms with van der Waals surface area (Å²) in [4.78, 5) is 11.2. The van der Waals surface area contributed by atoms with Gasteiger partial charge in [-0.25, -0.2) is 4.79 Å². The maximum atomic E-state index is 11.2. The highest BCUT2D eigenvalue weighted by atomic mass is 16.5. The third-order valence-electron chi connectivity index (χ3n) is 2.78. The Hall–Kier alpha value is -2.30. The molecule has 0 aliphatic heterocycles. The van der Waals surface area contributed by atoms with E-state index in [1.165, 1.54) is 6.20 Å². The smallest absolute Gasteiger partial charge is 0.339 e. The SMILES string of the molecule is COc1ccc(C)cc1-c1c(C(=O)O)cnn1C. The van der Waals surface area contributed by atoms with Crippen molar-refractivity contribution in [1.29, 1.82) is 0 Å². The van der Waals surface area contributed by atoms with Gasteiger partial charge < -0.3 is 9.84 Å². The zero-order valence-electron chi connectivity index (χ0n) is 10.5. The van der Waals surface area contributed by atoms with E-state index in [0.29, 0.717) is 11.4 Å². The van der Waals surface area contributed by atoms with Crippen LogP contribution in [-0.4, -0.2) is 28.0 Å². The number of carbonyl (C=O) groups is 1. The molecule has 0 bridgehead atoms. The standard InChI is InChI=1S/C13H14N2O3/c1-8-4-5-11(18-3)9(6-8)12-10(13(16)17)7-14-15(12)2/h4-7H,1-3H3,(H,16,17). The lowest BCUT2D eigenvalue weighted by atomic mass is 10.0. The maximum Gasteiger partial charge on any atom is 0.339 e. The number of carboxylic acid groups (broad SMARTS) is 1. The lowest BCUT2D eigenvalue weighted by Crippen LogP contribution is -2.02. The largest absolute Gasteiger partial charge is 0.496 e. The number of nitrogens with zero attached hydrogens (tertiary/aromatic N) is 2. The molecule has 1 heterocycles. The molecule has 2 rings (SSSR count). The lowest BCUT2D eigenvalue weighted by Gasteiger charge is -2.10. The molecular weight excluding hydrogens is 232 g/mol. The van der Waals surface area contributed by atoms with E-state index in [0.717, 1.165) is 11.1 Å². The van der Waals surface area contributed by atoms with Gasteiger partial charge in [-0.1, -0.05) is 11.6 Å². The number of aromatic nitrogens is 2. The number of hydrogen-bond acceptors (Lipinski definition) is 3. The van der Waals surface area contributed by atoms with Gasteiger partial charge in [-0.3, -0.25) is 4.68 Å². The Morgan fingerprint density at radius 3 is 2.78 bits per heavy atom. The van der Waals surface area contributed by atoms with Crippen molar-refractivity contribution in [2.45, 2.75) is 6.92 Å². The Labute approximate surface area is 105 Å². The summed E-state index contributed by atoms with van der Waals surface area (Å²) in [7, 11) is 3.27. The molecular formula is C13H14N2O3. The minimum absolute atomic E-state index is 0.168. The zero-order chi connectivity index (χ0) is 13.3. The predicted octanol–water partition coefficient (Wildman–Crippen LogP) is 2.10. The first kappa shape index (κ1) is 12.2. The van der Waals surface area contributed by atoms with Crippen molar-refractivity contribution in [3.8, 4) is 17.0 Å². The van der Waals surface area contributed by atoms with Crippen LogP contribution in [0.5, 0.6) is 5.75 Å². The van der Waals surface area contributed by atoms with Gasteiger partial charge in [0.2, 0.25) is 0 Å². The quantitative estimate of drug-likeness (QED) is 0.900. The number of carboxylic acids is 1. The Kier molecular flexibility index (Phi) is 3.06. The summed E-state index contributed by atoms with van der Waals surface area (Å²) in [5.41, 5.74) is 2.47. The van der Waals surface area contributed by atoms with Gasteiger partial charge in [0.15, 0.2) is 0 Å². The van der Waals surface area contributed by atoms with E-state index in [1.54, 1.807) is 18.8 Å². The predicted molar refractivity (Wildman–Crippen MR) is 66.9 cm³/mol. The lowest BCUT2D eigenvalue weighted by molar-refractivity contribution is 0.0697. The third-order valence-corrected chi connectivity index (χ3v) is 2.78. The van der Waals surface area contributed by atoms with Gasteiger partial charge in [-0.15, -0.1) is 0 Å². The van der Waals surface area contributed by atoms with Crippen molar-refractivity contribution >= 4 is 5.97 Å². The summed E-state index contributed by atoms with van der Waals surface area (Å²) in [5.74, 6) is -0.367. The summed E-state index contributed by atoms with van der Waals surface area (Å²) in [6.45, 7) is 1.94. The molecule has 0 amide bonds. The van der Waals surface area contributed by atoms with Crippen molar-refractivity contribution in [2.24, 2.45) is 7.05 Å². The van der Waals surface area contributed by atoms with Crippen LogP contribution in [0, 0.1) is 6.92 Å². The van der Waals surface area contributed by atoms with Gasteiger partial charge in [0.05, 0.1) is 19.0 Å². The van der Waals surface area contributed by atoms with Crippen molar-refractivity contribution in [3.63, 3.8) is 0 Å². The van der Waals surface area contributed by atoms with Crippen LogP contribution in [0.4, 0.5) is 0 Å². The number of benzene rings is 1. The fraction of sp³-hybridized carbons (Fsp3) is 0.231. The topological polar surface area (TPSA) is 64.3 Å².